The van der Waals surface area contributed by atoms with Gasteiger partial charge in [-0.1, -0.05) is 35.9 Å². The standard InChI is InChI=1S/C33H37ClN6O4Si/c1-21-38-39-32-28(19-30(41)35-16-5-17-36-33(42)24-8-6-22(7-9-24)20-45(3,4)43)37-31(23-10-12-25(34)13-11-23)27-18-26(44-2)14-15-29(27)40(21)32/h6-15,18,28,43H,5,16-17,19-20H2,1-4H3,(H,35,41)(H,36,42). The molecule has 0 aliphatic carbocycles. The quantitative estimate of drug-likeness (QED) is 0.160. The Bertz CT molecular complexity index is 1710. The summed E-state index contributed by atoms with van der Waals surface area (Å²) in [7, 11) is -0.598. The highest BCUT2D eigenvalue weighted by atomic mass is 35.5. The number of fused-ring (bicyclic) bond motifs is 3. The number of hydrogen-bond donors (Lipinski definition) is 3. The summed E-state index contributed by atoms with van der Waals surface area (Å²) in [4.78, 5) is 41.0. The van der Waals surface area contributed by atoms with Gasteiger partial charge in [-0.3, -0.25) is 19.1 Å². The van der Waals surface area contributed by atoms with Crippen molar-refractivity contribution in [1.29, 1.82) is 0 Å². The Hall–Kier alpha value is -4.32. The third-order valence-electron chi connectivity index (χ3n) is 7.44. The molecule has 5 rings (SSSR count). The highest BCUT2D eigenvalue weighted by Crippen LogP contribution is 2.34. The Kier molecular flexibility index (Phi) is 9.81. The first-order chi connectivity index (χ1) is 21.5. The van der Waals surface area contributed by atoms with Gasteiger partial charge in [0.1, 0.15) is 17.6 Å². The number of nitrogens with zero attached hydrogens (tertiary/aromatic N) is 4. The van der Waals surface area contributed by atoms with Crippen molar-refractivity contribution in [2.75, 3.05) is 20.2 Å². The van der Waals surface area contributed by atoms with Crippen molar-refractivity contribution >= 4 is 37.4 Å². The number of aromatic nitrogens is 3. The van der Waals surface area contributed by atoms with Gasteiger partial charge in [0.05, 0.1) is 24.9 Å². The Balaban J connectivity index is 1.25. The van der Waals surface area contributed by atoms with E-state index in [0.717, 1.165) is 22.4 Å². The summed E-state index contributed by atoms with van der Waals surface area (Å²) >= 11 is 6.18. The summed E-state index contributed by atoms with van der Waals surface area (Å²) in [5.41, 5.74) is 4.79. The molecule has 234 valence electrons. The van der Waals surface area contributed by atoms with Crippen LogP contribution >= 0.6 is 11.6 Å². The van der Waals surface area contributed by atoms with Gasteiger partial charge >= 0.3 is 0 Å². The van der Waals surface area contributed by atoms with E-state index >= 15 is 0 Å². The zero-order valence-electron chi connectivity index (χ0n) is 25.8. The lowest BCUT2D eigenvalue weighted by Gasteiger charge is -2.14. The van der Waals surface area contributed by atoms with Crippen LogP contribution in [-0.4, -0.2) is 65.6 Å². The van der Waals surface area contributed by atoms with Crippen molar-refractivity contribution in [3.05, 3.63) is 106 Å². The maximum Gasteiger partial charge on any atom is 0.251 e. The fourth-order valence-corrected chi connectivity index (χ4v) is 6.68. The fraction of sp³-hybridized carbons (Fsp3) is 0.303. The number of methoxy groups -OCH3 is 1. The zero-order chi connectivity index (χ0) is 32.1. The summed E-state index contributed by atoms with van der Waals surface area (Å²) in [5.74, 6) is 1.56. The van der Waals surface area contributed by atoms with Gasteiger partial charge in [-0.05, 0) is 80.5 Å². The third-order valence-corrected chi connectivity index (χ3v) is 8.97. The lowest BCUT2D eigenvalue weighted by Crippen LogP contribution is -2.30. The van der Waals surface area contributed by atoms with Crippen LogP contribution in [0.5, 0.6) is 5.75 Å². The molecule has 12 heteroatoms. The molecule has 1 unspecified atom stereocenters. The van der Waals surface area contributed by atoms with Crippen LogP contribution in [0, 0.1) is 6.92 Å². The van der Waals surface area contributed by atoms with Gasteiger partial charge in [-0.2, -0.15) is 0 Å². The molecule has 4 aromatic rings. The first-order valence-corrected chi connectivity index (χ1v) is 18.4. The highest BCUT2D eigenvalue weighted by Gasteiger charge is 2.30. The van der Waals surface area contributed by atoms with Crippen LogP contribution in [0.1, 0.15) is 57.6 Å². The maximum atomic E-state index is 13.2. The number of hydrogen-bond acceptors (Lipinski definition) is 7. The second-order valence-corrected chi connectivity index (χ2v) is 16.1. The molecule has 45 heavy (non-hydrogen) atoms. The molecule has 1 aliphatic heterocycles. The Morgan fingerprint density at radius 2 is 1.71 bits per heavy atom. The summed E-state index contributed by atoms with van der Waals surface area (Å²) in [6, 6.07) is 20.5. The van der Waals surface area contributed by atoms with Crippen molar-refractivity contribution in [1.82, 2.24) is 25.4 Å². The number of nitrogens with one attached hydrogen (secondary N) is 2. The monoisotopic (exact) mass is 644 g/mol. The summed E-state index contributed by atoms with van der Waals surface area (Å²) in [6.45, 7) is 6.44. The fourth-order valence-electron chi connectivity index (χ4n) is 5.32. The van der Waals surface area contributed by atoms with Crippen molar-refractivity contribution in [3.8, 4) is 11.4 Å². The topological polar surface area (TPSA) is 131 Å². The Morgan fingerprint density at radius 1 is 1.00 bits per heavy atom. The SMILES string of the molecule is COc1ccc2c(c1)C(c1ccc(Cl)cc1)=NC(CC(=O)NCCCNC(=O)c1ccc(C[Si](C)(C)O)cc1)c1nnc(C)n1-2. The van der Waals surface area contributed by atoms with Crippen LogP contribution < -0.4 is 15.4 Å². The molecule has 0 bridgehead atoms. The van der Waals surface area contributed by atoms with E-state index in [9.17, 15) is 14.4 Å². The number of rotatable bonds is 11. The van der Waals surface area contributed by atoms with Crippen molar-refractivity contribution in [2.45, 2.75) is 44.9 Å². The maximum absolute atomic E-state index is 13.2. The number of carbonyl (C=O) groups is 2. The van der Waals surface area contributed by atoms with Crippen molar-refractivity contribution < 1.29 is 19.1 Å². The molecular formula is C33H37ClN6O4Si. The zero-order valence-corrected chi connectivity index (χ0v) is 27.6. The molecule has 0 spiro atoms. The predicted octanol–water partition coefficient (Wildman–Crippen LogP) is 4.74. The lowest BCUT2D eigenvalue weighted by molar-refractivity contribution is -0.121. The number of aliphatic imine (C=N–C) groups is 1. The summed E-state index contributed by atoms with van der Waals surface area (Å²) in [5, 5.41) is 15.2. The van der Waals surface area contributed by atoms with E-state index in [-0.39, 0.29) is 18.2 Å². The second-order valence-electron chi connectivity index (χ2n) is 11.7. The number of carbonyl (C=O) groups excluding carboxylic acids is 2. The third kappa shape index (κ3) is 7.86. The average molecular weight is 645 g/mol. The summed E-state index contributed by atoms with van der Waals surface area (Å²) < 4.78 is 7.46. The molecule has 0 saturated heterocycles. The number of halogens is 1. The lowest BCUT2D eigenvalue weighted by atomic mass is 10.00. The van der Waals surface area contributed by atoms with E-state index in [1.807, 2.05) is 79.2 Å². The highest BCUT2D eigenvalue weighted by molar-refractivity contribution is 6.69. The van der Waals surface area contributed by atoms with E-state index in [1.54, 1.807) is 19.2 Å². The molecule has 3 aromatic carbocycles. The smallest absolute Gasteiger partial charge is 0.251 e. The minimum absolute atomic E-state index is 0.0621. The van der Waals surface area contributed by atoms with E-state index in [0.29, 0.717) is 59.3 Å². The molecule has 1 aromatic heterocycles. The van der Waals surface area contributed by atoms with E-state index in [2.05, 4.69) is 20.8 Å². The second kappa shape index (κ2) is 13.8. The first kappa shape index (κ1) is 32.1. The van der Waals surface area contributed by atoms with Gasteiger partial charge in [0.15, 0.2) is 14.1 Å². The molecular weight excluding hydrogens is 608 g/mol. The molecule has 1 atom stereocenters. The van der Waals surface area contributed by atoms with Crippen LogP contribution in [0.3, 0.4) is 0 Å². The van der Waals surface area contributed by atoms with E-state index in [1.165, 1.54) is 0 Å². The number of ether oxygens (including phenoxy) is 1. The van der Waals surface area contributed by atoms with Crippen molar-refractivity contribution in [3.63, 3.8) is 0 Å². The van der Waals surface area contributed by atoms with E-state index in [4.69, 9.17) is 21.3 Å². The summed E-state index contributed by atoms with van der Waals surface area (Å²) in [6.07, 6.45) is 0.622. The van der Waals surface area contributed by atoms with E-state index < -0.39 is 14.4 Å². The molecule has 10 nitrogen and oxygen atoms in total. The van der Waals surface area contributed by atoms with Gasteiger partial charge < -0.3 is 20.2 Å². The molecule has 3 N–H and O–H groups in total. The molecule has 0 fully saturated rings. The van der Waals surface area contributed by atoms with Gasteiger partial charge in [0.25, 0.3) is 5.91 Å². The Morgan fingerprint density at radius 3 is 2.40 bits per heavy atom. The molecule has 2 heterocycles. The minimum Gasteiger partial charge on any atom is -0.497 e. The van der Waals surface area contributed by atoms with Gasteiger partial charge in [0, 0.05) is 34.8 Å². The first-order valence-electron chi connectivity index (χ1n) is 14.8. The van der Waals surface area contributed by atoms with Crippen LogP contribution in [0.15, 0.2) is 71.7 Å². The van der Waals surface area contributed by atoms with Crippen LogP contribution in [0.25, 0.3) is 5.69 Å². The minimum atomic E-state index is -2.21. The number of amides is 2. The van der Waals surface area contributed by atoms with Gasteiger partial charge in [0.2, 0.25) is 5.91 Å². The van der Waals surface area contributed by atoms with Gasteiger partial charge in [-0.15, -0.1) is 10.2 Å². The van der Waals surface area contributed by atoms with Crippen molar-refractivity contribution in [2.24, 2.45) is 4.99 Å². The van der Waals surface area contributed by atoms with Crippen LogP contribution in [0.4, 0.5) is 0 Å². The number of aryl methyl sites for hydroxylation is 1. The Labute approximate surface area is 268 Å². The van der Waals surface area contributed by atoms with Crippen LogP contribution in [0.2, 0.25) is 18.1 Å². The molecule has 2 amide bonds. The molecule has 0 radical (unpaired) electrons. The normalized spacial score (nSPS) is 14.1. The van der Waals surface area contributed by atoms with Gasteiger partial charge in [-0.25, -0.2) is 0 Å². The predicted molar refractivity (Wildman–Crippen MR) is 177 cm³/mol. The number of benzene rings is 3. The van der Waals surface area contributed by atoms with Crippen LogP contribution in [-0.2, 0) is 10.8 Å². The molecule has 0 saturated carbocycles. The average Bonchev–Trinajstić information content (AvgIpc) is 3.33. The molecule has 1 aliphatic rings. The largest absolute Gasteiger partial charge is 0.497 e.